The van der Waals surface area contributed by atoms with E-state index >= 15 is 0 Å². The highest BCUT2D eigenvalue weighted by Gasteiger charge is 2.28. The van der Waals surface area contributed by atoms with E-state index < -0.39 is 0 Å². The molecule has 1 N–H and O–H groups in total. The fourth-order valence-electron chi connectivity index (χ4n) is 4.39. The van der Waals surface area contributed by atoms with Crippen LogP contribution in [0, 0.1) is 32.5 Å². The number of carbonyl (C=O) groups excluding carboxylic acids is 1. The highest BCUT2D eigenvalue weighted by molar-refractivity contribution is 5.78. The Hall–Kier alpha value is -3.09. The van der Waals surface area contributed by atoms with Gasteiger partial charge in [0.25, 0.3) is 0 Å². The number of nitrogens with one attached hydrogen (secondary N) is 1. The zero-order valence-corrected chi connectivity index (χ0v) is 18.8. The molecule has 168 valence electrons. The van der Waals surface area contributed by atoms with Gasteiger partial charge in [0.1, 0.15) is 11.6 Å². The molecule has 3 aromatic rings. The number of hydrogen-bond acceptors (Lipinski definition) is 5. The lowest BCUT2D eigenvalue weighted by molar-refractivity contribution is -0.120. The van der Waals surface area contributed by atoms with Crippen LogP contribution in [0.4, 0.5) is 4.39 Å². The van der Waals surface area contributed by atoms with Crippen LogP contribution >= 0.6 is 0 Å². The maximum atomic E-state index is 13.0. The van der Waals surface area contributed by atoms with Crippen LogP contribution in [0.15, 0.2) is 35.0 Å². The zero-order valence-electron chi connectivity index (χ0n) is 18.8. The van der Waals surface area contributed by atoms with Crippen LogP contribution in [0.5, 0.6) is 0 Å². The quantitative estimate of drug-likeness (QED) is 0.599. The van der Waals surface area contributed by atoms with Crippen molar-refractivity contribution < 1.29 is 13.7 Å². The second-order valence-electron chi connectivity index (χ2n) is 8.76. The lowest BCUT2D eigenvalue weighted by Gasteiger charge is -2.29. The predicted molar refractivity (Wildman–Crippen MR) is 120 cm³/mol. The fourth-order valence-corrected chi connectivity index (χ4v) is 4.39. The Morgan fingerprint density at radius 2 is 1.84 bits per heavy atom. The molecule has 2 aromatic heterocycles. The van der Waals surface area contributed by atoms with E-state index in [1.54, 1.807) is 12.1 Å². The van der Waals surface area contributed by atoms with Crippen molar-refractivity contribution in [2.24, 2.45) is 5.92 Å². The SMILES string of the molecule is Cc1ncc(-c2onc(C)c2C)c(C2CCC(CNC(=O)Cc3ccc(F)cc3)CC2)n1. The highest BCUT2D eigenvalue weighted by atomic mass is 19.1. The first-order valence-corrected chi connectivity index (χ1v) is 11.2. The molecular formula is C25H29FN4O2. The highest BCUT2D eigenvalue weighted by Crippen LogP contribution is 2.39. The average molecular weight is 437 g/mol. The molecule has 0 bridgehead atoms. The number of aryl methyl sites for hydroxylation is 2. The van der Waals surface area contributed by atoms with Crippen molar-refractivity contribution in [1.29, 1.82) is 0 Å². The fraction of sp³-hybridized carbons (Fsp3) is 0.440. The molecule has 0 saturated heterocycles. The molecule has 1 fully saturated rings. The van der Waals surface area contributed by atoms with Crippen molar-refractivity contribution >= 4 is 5.91 Å². The van der Waals surface area contributed by atoms with Gasteiger partial charge >= 0.3 is 0 Å². The summed E-state index contributed by atoms with van der Waals surface area (Å²) in [6.07, 6.45) is 6.20. The van der Waals surface area contributed by atoms with E-state index in [0.29, 0.717) is 18.4 Å². The lowest BCUT2D eigenvalue weighted by atomic mass is 9.79. The van der Waals surface area contributed by atoms with Crippen LogP contribution in [0.2, 0.25) is 0 Å². The van der Waals surface area contributed by atoms with E-state index in [9.17, 15) is 9.18 Å². The summed E-state index contributed by atoms with van der Waals surface area (Å²) in [7, 11) is 0. The zero-order chi connectivity index (χ0) is 22.7. The van der Waals surface area contributed by atoms with E-state index in [1.165, 1.54) is 12.1 Å². The van der Waals surface area contributed by atoms with Crippen LogP contribution in [-0.2, 0) is 11.2 Å². The molecule has 0 atom stereocenters. The van der Waals surface area contributed by atoms with Crippen molar-refractivity contribution in [2.45, 2.75) is 58.8 Å². The third kappa shape index (κ3) is 5.03. The Bertz CT molecular complexity index is 1090. The monoisotopic (exact) mass is 436 g/mol. The predicted octanol–water partition coefficient (Wildman–Crippen LogP) is 4.83. The Kier molecular flexibility index (Phi) is 6.63. The van der Waals surface area contributed by atoms with Gasteiger partial charge in [-0.25, -0.2) is 14.4 Å². The maximum Gasteiger partial charge on any atom is 0.224 e. The average Bonchev–Trinajstić information content (AvgIpc) is 3.12. The molecule has 32 heavy (non-hydrogen) atoms. The standard InChI is InChI=1S/C25H29FN4O2/c1-15-16(2)30-32-25(15)22-14-27-17(3)29-24(22)20-8-4-19(5-9-20)13-28-23(31)12-18-6-10-21(26)11-7-18/h6-7,10-11,14,19-20H,4-5,8-9,12-13H2,1-3H3,(H,28,31). The first-order valence-electron chi connectivity index (χ1n) is 11.2. The molecule has 0 radical (unpaired) electrons. The number of amides is 1. The minimum absolute atomic E-state index is 0.0244. The summed E-state index contributed by atoms with van der Waals surface area (Å²) in [5.41, 5.74) is 4.69. The molecule has 0 unspecified atom stereocenters. The number of hydrogen-bond donors (Lipinski definition) is 1. The van der Waals surface area contributed by atoms with Gasteiger partial charge in [0.15, 0.2) is 5.76 Å². The molecular weight excluding hydrogens is 407 g/mol. The minimum atomic E-state index is -0.290. The number of nitrogens with zero attached hydrogens (tertiary/aromatic N) is 3. The summed E-state index contributed by atoms with van der Waals surface area (Å²) in [5, 5.41) is 7.14. The van der Waals surface area contributed by atoms with E-state index in [0.717, 1.165) is 65.3 Å². The third-order valence-corrected chi connectivity index (χ3v) is 6.44. The minimum Gasteiger partial charge on any atom is -0.356 e. The van der Waals surface area contributed by atoms with Crippen molar-refractivity contribution in [3.63, 3.8) is 0 Å². The maximum absolute atomic E-state index is 13.0. The van der Waals surface area contributed by atoms with Crippen molar-refractivity contribution in [3.05, 3.63) is 64.6 Å². The Morgan fingerprint density at radius 3 is 2.50 bits per heavy atom. The molecule has 1 aromatic carbocycles. The van der Waals surface area contributed by atoms with Crippen LogP contribution in [0.25, 0.3) is 11.3 Å². The van der Waals surface area contributed by atoms with Crippen molar-refractivity contribution in [1.82, 2.24) is 20.4 Å². The second-order valence-corrected chi connectivity index (χ2v) is 8.76. The third-order valence-electron chi connectivity index (χ3n) is 6.44. The molecule has 6 nitrogen and oxygen atoms in total. The van der Waals surface area contributed by atoms with Gasteiger partial charge in [-0.3, -0.25) is 4.79 Å². The van der Waals surface area contributed by atoms with E-state index in [2.05, 4.69) is 15.5 Å². The van der Waals surface area contributed by atoms with Crippen LogP contribution < -0.4 is 5.32 Å². The largest absolute Gasteiger partial charge is 0.356 e. The first-order chi connectivity index (χ1) is 15.4. The van der Waals surface area contributed by atoms with Gasteiger partial charge in [-0.15, -0.1) is 0 Å². The molecule has 0 spiro atoms. The van der Waals surface area contributed by atoms with Crippen LogP contribution in [-0.4, -0.2) is 27.6 Å². The molecule has 0 aliphatic heterocycles. The Morgan fingerprint density at radius 1 is 1.12 bits per heavy atom. The first kappa shape index (κ1) is 22.1. The van der Waals surface area contributed by atoms with Gasteiger partial charge in [0.05, 0.1) is 23.4 Å². The lowest BCUT2D eigenvalue weighted by Crippen LogP contribution is -2.32. The summed E-state index contributed by atoms with van der Waals surface area (Å²) >= 11 is 0. The van der Waals surface area contributed by atoms with Crippen molar-refractivity contribution in [2.75, 3.05) is 6.54 Å². The molecule has 4 rings (SSSR count). The van der Waals surface area contributed by atoms with E-state index in [4.69, 9.17) is 9.51 Å². The van der Waals surface area contributed by atoms with Gasteiger partial charge in [-0.05, 0) is 70.1 Å². The number of benzene rings is 1. The number of halogens is 1. The second kappa shape index (κ2) is 9.59. The number of rotatable bonds is 6. The normalized spacial score (nSPS) is 18.5. The molecule has 1 aliphatic carbocycles. The Balaban J connectivity index is 1.35. The molecule has 1 aliphatic rings. The number of carbonyl (C=O) groups is 1. The Labute approximate surface area is 187 Å². The molecule has 2 heterocycles. The topological polar surface area (TPSA) is 80.9 Å². The van der Waals surface area contributed by atoms with Crippen LogP contribution in [0.1, 0.15) is 59.9 Å². The smallest absolute Gasteiger partial charge is 0.224 e. The van der Waals surface area contributed by atoms with Gasteiger partial charge in [0, 0.05) is 24.2 Å². The summed E-state index contributed by atoms with van der Waals surface area (Å²) in [6.45, 7) is 6.53. The van der Waals surface area contributed by atoms with Gasteiger partial charge in [0.2, 0.25) is 5.91 Å². The summed E-state index contributed by atoms with van der Waals surface area (Å²) in [4.78, 5) is 21.4. The summed E-state index contributed by atoms with van der Waals surface area (Å²) < 4.78 is 18.6. The van der Waals surface area contributed by atoms with E-state index in [1.807, 2.05) is 27.0 Å². The molecule has 1 amide bonds. The van der Waals surface area contributed by atoms with Crippen LogP contribution in [0.3, 0.4) is 0 Å². The van der Waals surface area contributed by atoms with Crippen molar-refractivity contribution in [3.8, 4) is 11.3 Å². The van der Waals surface area contributed by atoms with E-state index in [-0.39, 0.29) is 18.1 Å². The van der Waals surface area contributed by atoms with Gasteiger partial charge in [-0.1, -0.05) is 17.3 Å². The number of aromatic nitrogens is 3. The molecule has 1 saturated carbocycles. The summed E-state index contributed by atoms with van der Waals surface area (Å²) in [5.74, 6) is 1.98. The molecule has 7 heteroatoms. The summed E-state index contributed by atoms with van der Waals surface area (Å²) in [6, 6.07) is 6.07. The van der Waals surface area contributed by atoms with Gasteiger partial charge < -0.3 is 9.84 Å². The van der Waals surface area contributed by atoms with Gasteiger partial charge in [-0.2, -0.15) is 0 Å².